The fourth-order valence-electron chi connectivity index (χ4n) is 3.51. The van der Waals surface area contributed by atoms with E-state index < -0.39 is 0 Å². The highest BCUT2D eigenvalue weighted by Crippen LogP contribution is 2.40. The van der Waals surface area contributed by atoms with Crippen LogP contribution in [0.4, 0.5) is 0 Å². The average Bonchev–Trinajstić information content (AvgIpc) is 2.72. The van der Waals surface area contributed by atoms with Gasteiger partial charge in [0.15, 0.2) is 0 Å². The molecule has 1 N–H and O–H groups in total. The molecule has 3 nitrogen and oxygen atoms in total. The molecule has 0 amide bonds. The van der Waals surface area contributed by atoms with Gasteiger partial charge in [-0.1, -0.05) is 13.8 Å². The highest BCUT2D eigenvalue weighted by Gasteiger charge is 2.31. The summed E-state index contributed by atoms with van der Waals surface area (Å²) in [5, 5.41) is 7.86. The monoisotopic (exact) mass is 327 g/mol. The minimum absolute atomic E-state index is 0.412. The molecule has 19 heavy (non-hydrogen) atoms. The summed E-state index contributed by atoms with van der Waals surface area (Å²) in [6.07, 6.45) is 7.29. The van der Waals surface area contributed by atoms with Crippen LogP contribution < -0.4 is 5.32 Å². The van der Waals surface area contributed by atoms with E-state index in [1.54, 1.807) is 0 Å². The van der Waals surface area contributed by atoms with Gasteiger partial charge in [0, 0.05) is 7.05 Å². The van der Waals surface area contributed by atoms with Crippen LogP contribution in [-0.2, 0) is 7.05 Å². The molecule has 1 fully saturated rings. The van der Waals surface area contributed by atoms with Crippen molar-refractivity contribution in [2.45, 2.75) is 45.6 Å². The summed E-state index contributed by atoms with van der Waals surface area (Å²) in [7, 11) is 4.10. The maximum atomic E-state index is 4.35. The Morgan fingerprint density at radius 3 is 2.26 bits per heavy atom. The summed E-state index contributed by atoms with van der Waals surface area (Å²) in [5.41, 5.74) is 1.29. The quantitative estimate of drug-likeness (QED) is 0.908. The lowest BCUT2D eigenvalue weighted by molar-refractivity contribution is 0.189. The third-order valence-corrected chi connectivity index (χ3v) is 5.38. The zero-order chi connectivity index (χ0) is 14.0. The van der Waals surface area contributed by atoms with Crippen molar-refractivity contribution >= 4 is 15.9 Å². The van der Waals surface area contributed by atoms with Gasteiger partial charge in [0.1, 0.15) is 0 Å². The molecule has 1 aromatic heterocycles. The second kappa shape index (κ2) is 6.40. The molecule has 0 spiro atoms. The summed E-state index contributed by atoms with van der Waals surface area (Å²) in [6, 6.07) is 0.412. The number of rotatable bonds is 4. The van der Waals surface area contributed by atoms with Crippen LogP contribution in [0.25, 0.3) is 0 Å². The molecule has 1 saturated carbocycles. The van der Waals surface area contributed by atoms with Gasteiger partial charge in [-0.25, -0.2) is 0 Å². The SMILES string of the molecule is CNC(c1c(Br)cnn1C)C1CCC(C(C)C)CC1. The summed E-state index contributed by atoms with van der Waals surface area (Å²) >= 11 is 3.64. The van der Waals surface area contributed by atoms with E-state index in [0.29, 0.717) is 6.04 Å². The maximum absolute atomic E-state index is 4.35. The Balaban J connectivity index is 2.08. The molecule has 4 heteroatoms. The Hall–Kier alpha value is -0.350. The number of aromatic nitrogens is 2. The Morgan fingerprint density at radius 1 is 1.26 bits per heavy atom. The molecule has 0 bridgehead atoms. The molecule has 0 radical (unpaired) electrons. The van der Waals surface area contributed by atoms with E-state index in [4.69, 9.17) is 0 Å². The zero-order valence-corrected chi connectivity index (χ0v) is 14.1. The predicted octanol–water partition coefficient (Wildman–Crippen LogP) is 3.91. The second-order valence-electron chi connectivity index (χ2n) is 6.19. The standard InChI is InChI=1S/C15H26BrN3/c1-10(2)11-5-7-12(8-6-11)14(17-3)15-13(16)9-18-19(15)4/h9-12,14,17H,5-8H2,1-4H3. The molecule has 1 aromatic rings. The largest absolute Gasteiger partial charge is 0.311 e. The van der Waals surface area contributed by atoms with Crippen molar-refractivity contribution in [3.8, 4) is 0 Å². The number of hydrogen-bond acceptors (Lipinski definition) is 2. The Labute approximate surface area is 125 Å². The number of nitrogens with zero attached hydrogens (tertiary/aromatic N) is 2. The first kappa shape index (κ1) is 15.0. The van der Waals surface area contributed by atoms with Gasteiger partial charge in [-0.2, -0.15) is 5.10 Å². The Morgan fingerprint density at radius 2 is 1.84 bits per heavy atom. The van der Waals surface area contributed by atoms with Crippen LogP contribution >= 0.6 is 15.9 Å². The van der Waals surface area contributed by atoms with E-state index in [-0.39, 0.29) is 0 Å². The third-order valence-electron chi connectivity index (χ3n) is 4.77. The molecule has 1 aliphatic carbocycles. The molecule has 0 aliphatic heterocycles. The van der Waals surface area contributed by atoms with Gasteiger partial charge in [-0.15, -0.1) is 0 Å². The fourth-order valence-corrected chi connectivity index (χ4v) is 4.11. The van der Waals surface area contributed by atoms with Gasteiger partial charge in [0.25, 0.3) is 0 Å². The lowest BCUT2D eigenvalue weighted by atomic mass is 9.74. The van der Waals surface area contributed by atoms with Crippen molar-refractivity contribution in [1.29, 1.82) is 0 Å². The van der Waals surface area contributed by atoms with Crippen LogP contribution in [0.5, 0.6) is 0 Å². The van der Waals surface area contributed by atoms with E-state index >= 15 is 0 Å². The molecule has 2 rings (SSSR count). The number of halogens is 1. The van der Waals surface area contributed by atoms with Gasteiger partial charge in [0.2, 0.25) is 0 Å². The van der Waals surface area contributed by atoms with Crippen LogP contribution in [0.15, 0.2) is 10.7 Å². The van der Waals surface area contributed by atoms with Crippen molar-refractivity contribution in [1.82, 2.24) is 15.1 Å². The van der Waals surface area contributed by atoms with Gasteiger partial charge in [0.05, 0.1) is 22.4 Å². The van der Waals surface area contributed by atoms with E-state index in [1.807, 2.05) is 17.9 Å². The van der Waals surface area contributed by atoms with E-state index in [2.05, 4.69) is 47.2 Å². The second-order valence-corrected chi connectivity index (χ2v) is 7.04. The fraction of sp³-hybridized carbons (Fsp3) is 0.800. The highest BCUT2D eigenvalue weighted by atomic mass is 79.9. The maximum Gasteiger partial charge on any atom is 0.0695 e. The summed E-state index contributed by atoms with van der Waals surface area (Å²) in [5.74, 6) is 2.48. The van der Waals surface area contributed by atoms with Crippen LogP contribution in [0.3, 0.4) is 0 Å². The van der Waals surface area contributed by atoms with Crippen molar-refractivity contribution in [3.05, 3.63) is 16.4 Å². The molecular weight excluding hydrogens is 302 g/mol. The molecule has 1 atom stereocenters. The lowest BCUT2D eigenvalue weighted by Crippen LogP contribution is -2.31. The third kappa shape index (κ3) is 3.22. The molecule has 0 aromatic carbocycles. The van der Waals surface area contributed by atoms with Crippen molar-refractivity contribution < 1.29 is 0 Å². The van der Waals surface area contributed by atoms with E-state index in [0.717, 1.165) is 22.2 Å². The number of hydrogen-bond donors (Lipinski definition) is 1. The van der Waals surface area contributed by atoms with Gasteiger partial charge >= 0.3 is 0 Å². The summed E-state index contributed by atoms with van der Waals surface area (Å²) in [6.45, 7) is 4.72. The molecule has 0 saturated heterocycles. The minimum Gasteiger partial charge on any atom is -0.311 e. The van der Waals surface area contributed by atoms with Gasteiger partial charge in [-0.05, 0) is 66.4 Å². The topological polar surface area (TPSA) is 29.9 Å². The molecule has 1 heterocycles. The Kier molecular flexibility index (Phi) is 5.07. The average molecular weight is 328 g/mol. The first-order valence-electron chi connectivity index (χ1n) is 7.39. The van der Waals surface area contributed by atoms with Crippen LogP contribution in [0.1, 0.15) is 51.3 Å². The van der Waals surface area contributed by atoms with Crippen LogP contribution in [-0.4, -0.2) is 16.8 Å². The van der Waals surface area contributed by atoms with E-state index in [1.165, 1.54) is 31.4 Å². The minimum atomic E-state index is 0.412. The zero-order valence-electron chi connectivity index (χ0n) is 12.5. The van der Waals surface area contributed by atoms with Gasteiger partial charge in [-0.3, -0.25) is 4.68 Å². The first-order valence-corrected chi connectivity index (χ1v) is 8.18. The van der Waals surface area contributed by atoms with Crippen molar-refractivity contribution in [2.75, 3.05) is 7.05 Å². The molecule has 1 unspecified atom stereocenters. The van der Waals surface area contributed by atoms with Crippen molar-refractivity contribution in [3.63, 3.8) is 0 Å². The number of aryl methyl sites for hydroxylation is 1. The van der Waals surface area contributed by atoms with Crippen molar-refractivity contribution in [2.24, 2.45) is 24.8 Å². The van der Waals surface area contributed by atoms with Gasteiger partial charge < -0.3 is 5.32 Å². The molecule has 1 aliphatic rings. The van der Waals surface area contributed by atoms with Crippen LogP contribution in [0, 0.1) is 17.8 Å². The first-order chi connectivity index (χ1) is 9.04. The van der Waals surface area contributed by atoms with Crippen LogP contribution in [0.2, 0.25) is 0 Å². The summed E-state index contributed by atoms with van der Waals surface area (Å²) in [4.78, 5) is 0. The normalized spacial score (nSPS) is 25.8. The molecule has 108 valence electrons. The molecular formula is C15H26BrN3. The Bertz CT molecular complexity index is 386. The van der Waals surface area contributed by atoms with E-state index in [9.17, 15) is 0 Å². The summed E-state index contributed by atoms with van der Waals surface area (Å²) < 4.78 is 3.13. The highest BCUT2D eigenvalue weighted by molar-refractivity contribution is 9.10. The number of nitrogens with one attached hydrogen (secondary N) is 1. The predicted molar refractivity (Wildman–Crippen MR) is 83.0 cm³/mol. The smallest absolute Gasteiger partial charge is 0.0695 e. The lowest BCUT2D eigenvalue weighted by Gasteiger charge is -2.35.